The molecule has 0 unspecified atom stereocenters. The van der Waals surface area contributed by atoms with Crippen LogP contribution >= 0.6 is 0 Å². The number of benzene rings is 1. The van der Waals surface area contributed by atoms with Crippen molar-refractivity contribution in [1.29, 1.82) is 0 Å². The normalized spacial score (nSPS) is 12.7. The monoisotopic (exact) mass is 210 g/mol. The van der Waals surface area contributed by atoms with Crippen molar-refractivity contribution in [2.24, 2.45) is 0 Å². The van der Waals surface area contributed by atoms with E-state index in [2.05, 4.69) is 12.2 Å². The number of aromatic hydroxyl groups is 1. The molecule has 0 bridgehead atoms. The molecule has 3 nitrogen and oxygen atoms in total. The molecule has 0 fully saturated rings. The van der Waals surface area contributed by atoms with Crippen LogP contribution in [0, 0.1) is 0 Å². The summed E-state index contributed by atoms with van der Waals surface area (Å²) in [6.07, 6.45) is 1.93. The van der Waals surface area contributed by atoms with Gasteiger partial charge in [-0.05, 0) is 24.1 Å². The van der Waals surface area contributed by atoms with E-state index in [1.54, 1.807) is 24.3 Å². The molecule has 15 heavy (non-hydrogen) atoms. The highest BCUT2D eigenvalue weighted by Crippen LogP contribution is 2.15. The first kappa shape index (κ1) is 12.0. The molecule has 1 aromatic carbocycles. The van der Waals surface area contributed by atoms with E-state index in [-0.39, 0.29) is 5.75 Å². The largest absolute Gasteiger partial charge is 0.508 e. The topological polar surface area (TPSA) is 57.1 Å². The fourth-order valence-electron chi connectivity index (χ4n) is 1.46. The van der Waals surface area contributed by atoms with E-state index in [0.717, 1.165) is 12.1 Å². The molecular formula is C12H20NO2+. The van der Waals surface area contributed by atoms with Gasteiger partial charge in [0.2, 0.25) is 0 Å². The molecule has 0 spiro atoms. The van der Waals surface area contributed by atoms with Crippen LogP contribution in [0.3, 0.4) is 0 Å². The molecule has 1 aromatic rings. The van der Waals surface area contributed by atoms with Gasteiger partial charge in [-0.2, -0.15) is 0 Å². The number of aliphatic hydroxyl groups excluding tert-OH is 1. The fourth-order valence-corrected chi connectivity index (χ4v) is 1.46. The van der Waals surface area contributed by atoms with Gasteiger partial charge < -0.3 is 15.5 Å². The smallest absolute Gasteiger partial charge is 0.128 e. The van der Waals surface area contributed by atoms with Crippen molar-refractivity contribution in [2.75, 3.05) is 13.1 Å². The summed E-state index contributed by atoms with van der Waals surface area (Å²) in [5.41, 5.74) is 0.862. The zero-order valence-electron chi connectivity index (χ0n) is 9.19. The lowest BCUT2D eigenvalue weighted by Gasteiger charge is -2.09. The van der Waals surface area contributed by atoms with Gasteiger partial charge in [0, 0.05) is 0 Å². The second-order valence-electron chi connectivity index (χ2n) is 3.77. The van der Waals surface area contributed by atoms with Gasteiger partial charge in [-0.1, -0.05) is 25.5 Å². The highest BCUT2D eigenvalue weighted by Gasteiger charge is 2.08. The second-order valence-corrected chi connectivity index (χ2v) is 3.77. The number of phenols is 1. The zero-order valence-corrected chi connectivity index (χ0v) is 9.19. The highest BCUT2D eigenvalue weighted by molar-refractivity contribution is 5.27. The first-order chi connectivity index (χ1) is 7.24. The van der Waals surface area contributed by atoms with E-state index in [0.29, 0.717) is 6.54 Å². The third kappa shape index (κ3) is 4.32. The number of hydrogen-bond acceptors (Lipinski definition) is 2. The van der Waals surface area contributed by atoms with Crippen LogP contribution in [0.15, 0.2) is 24.3 Å². The summed E-state index contributed by atoms with van der Waals surface area (Å²) in [5, 5.41) is 21.0. The van der Waals surface area contributed by atoms with Crippen molar-refractivity contribution >= 4 is 0 Å². The Labute approximate surface area is 90.8 Å². The van der Waals surface area contributed by atoms with Crippen LogP contribution in [0.4, 0.5) is 0 Å². The summed E-state index contributed by atoms with van der Waals surface area (Å²) in [6.45, 7) is 3.90. The lowest BCUT2D eigenvalue weighted by molar-refractivity contribution is -0.662. The fraction of sp³-hybridized carbons (Fsp3) is 0.500. The van der Waals surface area contributed by atoms with E-state index in [1.165, 1.54) is 12.8 Å². The standard InChI is InChI=1S/C12H19NO2/c1-2-3-8-13-9-12(15)10-4-6-11(14)7-5-10/h4-7,12-15H,2-3,8-9H2,1H3/p+1/t12-/m1/s1. The van der Waals surface area contributed by atoms with Crippen molar-refractivity contribution in [3.8, 4) is 5.75 Å². The maximum absolute atomic E-state index is 9.80. The van der Waals surface area contributed by atoms with Crippen molar-refractivity contribution in [3.63, 3.8) is 0 Å². The van der Waals surface area contributed by atoms with Crippen LogP contribution in [-0.2, 0) is 0 Å². The molecule has 0 amide bonds. The summed E-state index contributed by atoms with van der Waals surface area (Å²) in [4.78, 5) is 0. The van der Waals surface area contributed by atoms with Crippen LogP contribution in [0.25, 0.3) is 0 Å². The third-order valence-electron chi connectivity index (χ3n) is 2.43. The summed E-state index contributed by atoms with van der Waals surface area (Å²) >= 11 is 0. The molecule has 0 aliphatic heterocycles. The summed E-state index contributed by atoms with van der Waals surface area (Å²) in [6, 6.07) is 6.72. The molecule has 0 heterocycles. The summed E-state index contributed by atoms with van der Waals surface area (Å²) in [7, 11) is 0. The quantitative estimate of drug-likeness (QED) is 0.608. The maximum Gasteiger partial charge on any atom is 0.128 e. The minimum atomic E-state index is -0.442. The maximum atomic E-state index is 9.80. The summed E-state index contributed by atoms with van der Waals surface area (Å²) in [5.74, 6) is 0.237. The predicted molar refractivity (Wildman–Crippen MR) is 59.6 cm³/mol. The number of rotatable bonds is 6. The number of nitrogens with two attached hydrogens (primary N) is 1. The molecule has 1 rings (SSSR count). The van der Waals surface area contributed by atoms with Gasteiger partial charge in [0.25, 0.3) is 0 Å². The molecule has 1 atom stereocenters. The third-order valence-corrected chi connectivity index (χ3v) is 2.43. The Morgan fingerprint density at radius 1 is 1.27 bits per heavy atom. The van der Waals surface area contributed by atoms with Gasteiger partial charge in [-0.15, -0.1) is 0 Å². The minimum absolute atomic E-state index is 0.237. The number of aliphatic hydroxyl groups is 1. The molecule has 0 saturated carbocycles. The summed E-state index contributed by atoms with van der Waals surface area (Å²) < 4.78 is 0. The molecule has 0 radical (unpaired) electrons. The van der Waals surface area contributed by atoms with Gasteiger partial charge in [0.05, 0.1) is 6.54 Å². The van der Waals surface area contributed by atoms with E-state index >= 15 is 0 Å². The number of phenolic OH excluding ortho intramolecular Hbond substituents is 1. The van der Waals surface area contributed by atoms with Crippen molar-refractivity contribution in [3.05, 3.63) is 29.8 Å². The van der Waals surface area contributed by atoms with Crippen molar-refractivity contribution < 1.29 is 15.5 Å². The van der Waals surface area contributed by atoms with Gasteiger partial charge in [-0.25, -0.2) is 0 Å². The number of unbranched alkanes of at least 4 members (excludes halogenated alkanes) is 1. The second kappa shape index (κ2) is 6.43. The van der Waals surface area contributed by atoms with E-state index in [9.17, 15) is 5.11 Å². The van der Waals surface area contributed by atoms with Crippen molar-refractivity contribution in [1.82, 2.24) is 0 Å². The van der Waals surface area contributed by atoms with Crippen LogP contribution in [0.2, 0.25) is 0 Å². The Morgan fingerprint density at radius 2 is 1.93 bits per heavy atom. The molecular weight excluding hydrogens is 190 g/mol. The van der Waals surface area contributed by atoms with Gasteiger partial charge >= 0.3 is 0 Å². The van der Waals surface area contributed by atoms with E-state index in [4.69, 9.17) is 5.11 Å². The van der Waals surface area contributed by atoms with Crippen LogP contribution in [-0.4, -0.2) is 23.3 Å². The SMILES string of the molecule is CCCC[NH2+]C[C@@H](O)c1ccc(O)cc1. The molecule has 4 N–H and O–H groups in total. The molecule has 0 saturated heterocycles. The van der Waals surface area contributed by atoms with Crippen LogP contribution < -0.4 is 5.32 Å². The van der Waals surface area contributed by atoms with Gasteiger partial charge in [0.1, 0.15) is 18.4 Å². The van der Waals surface area contributed by atoms with E-state index < -0.39 is 6.10 Å². The predicted octanol–water partition coefficient (Wildman–Crippen LogP) is 0.789. The first-order valence-electron chi connectivity index (χ1n) is 5.52. The molecule has 84 valence electrons. The van der Waals surface area contributed by atoms with Gasteiger partial charge in [0.15, 0.2) is 0 Å². The zero-order chi connectivity index (χ0) is 11.1. The Kier molecular flexibility index (Phi) is 5.15. The molecule has 0 aromatic heterocycles. The number of hydrogen-bond donors (Lipinski definition) is 3. The lowest BCUT2D eigenvalue weighted by Crippen LogP contribution is -2.85. The minimum Gasteiger partial charge on any atom is -0.508 e. The highest BCUT2D eigenvalue weighted by atomic mass is 16.3. The molecule has 0 aliphatic rings. The average Bonchev–Trinajstić information content (AvgIpc) is 2.25. The lowest BCUT2D eigenvalue weighted by atomic mass is 10.1. The van der Waals surface area contributed by atoms with Gasteiger partial charge in [-0.3, -0.25) is 0 Å². The Morgan fingerprint density at radius 3 is 2.53 bits per heavy atom. The first-order valence-corrected chi connectivity index (χ1v) is 5.52. The molecule has 3 heteroatoms. The Balaban J connectivity index is 2.33. The van der Waals surface area contributed by atoms with E-state index in [1.807, 2.05) is 0 Å². The Hall–Kier alpha value is -1.06. The molecule has 0 aliphatic carbocycles. The van der Waals surface area contributed by atoms with Crippen LogP contribution in [0.1, 0.15) is 31.4 Å². The Bertz CT molecular complexity index is 271. The van der Waals surface area contributed by atoms with Crippen LogP contribution in [0.5, 0.6) is 5.75 Å². The van der Waals surface area contributed by atoms with Crippen molar-refractivity contribution in [2.45, 2.75) is 25.9 Å². The number of quaternary nitrogens is 1. The average molecular weight is 210 g/mol.